The molecule has 1 aliphatic rings. The second-order valence-corrected chi connectivity index (χ2v) is 6.00. The molecule has 0 radical (unpaired) electrons. The van der Waals surface area contributed by atoms with Crippen LogP contribution in [0, 0.1) is 5.92 Å². The van der Waals surface area contributed by atoms with Gasteiger partial charge in [-0.15, -0.1) is 12.4 Å². The van der Waals surface area contributed by atoms with E-state index in [0.29, 0.717) is 13.1 Å². The summed E-state index contributed by atoms with van der Waals surface area (Å²) in [5, 5.41) is 3.00. The number of nitrogens with zero attached hydrogens (tertiary/aromatic N) is 1. The van der Waals surface area contributed by atoms with Crippen molar-refractivity contribution in [1.82, 2.24) is 10.2 Å². The molecule has 0 aromatic rings. The lowest BCUT2D eigenvalue weighted by atomic mass is 10.0. The van der Waals surface area contributed by atoms with Crippen LogP contribution < -0.4 is 5.32 Å². The van der Waals surface area contributed by atoms with Crippen molar-refractivity contribution in [2.75, 3.05) is 38.7 Å². The van der Waals surface area contributed by atoms with Gasteiger partial charge in [0, 0.05) is 32.9 Å². The molecule has 1 N–H and O–H groups in total. The minimum absolute atomic E-state index is 0. The third kappa shape index (κ3) is 4.81. The Kier molecular flexibility index (Phi) is 5.55. The van der Waals surface area contributed by atoms with E-state index in [1.54, 1.807) is 7.05 Å². The van der Waals surface area contributed by atoms with E-state index < -0.39 is 9.84 Å². The van der Waals surface area contributed by atoms with Crippen molar-refractivity contribution in [3.63, 3.8) is 0 Å². The van der Waals surface area contributed by atoms with Crippen molar-refractivity contribution in [2.24, 2.45) is 5.92 Å². The molecule has 15 heavy (non-hydrogen) atoms. The first kappa shape index (κ1) is 14.7. The zero-order valence-electron chi connectivity index (χ0n) is 8.89. The molecule has 90 valence electrons. The number of halogens is 1. The van der Waals surface area contributed by atoms with E-state index in [9.17, 15) is 13.2 Å². The number of hydrogen-bond acceptors (Lipinski definition) is 4. The molecule has 0 atom stereocenters. The molecule has 0 bridgehead atoms. The molecule has 0 spiro atoms. The van der Waals surface area contributed by atoms with Gasteiger partial charge in [0.15, 0.2) is 0 Å². The molecule has 1 amide bonds. The SMILES string of the molecule is CN(CCS(C)(=O)=O)C(=O)C1CNC1.Cl. The highest BCUT2D eigenvalue weighted by Crippen LogP contribution is 2.06. The molecule has 0 unspecified atom stereocenters. The van der Waals surface area contributed by atoms with Gasteiger partial charge >= 0.3 is 0 Å². The zero-order chi connectivity index (χ0) is 10.8. The molecule has 1 rings (SSSR count). The van der Waals surface area contributed by atoms with Crippen molar-refractivity contribution in [3.05, 3.63) is 0 Å². The summed E-state index contributed by atoms with van der Waals surface area (Å²) in [7, 11) is -1.33. The fraction of sp³-hybridized carbons (Fsp3) is 0.875. The van der Waals surface area contributed by atoms with Crippen molar-refractivity contribution in [2.45, 2.75) is 0 Å². The van der Waals surface area contributed by atoms with Crippen LogP contribution in [0.4, 0.5) is 0 Å². The van der Waals surface area contributed by atoms with Crippen LogP contribution in [0.25, 0.3) is 0 Å². The maximum absolute atomic E-state index is 11.5. The highest BCUT2D eigenvalue weighted by atomic mass is 35.5. The van der Waals surface area contributed by atoms with E-state index in [1.807, 2.05) is 0 Å². The molecule has 5 nitrogen and oxygen atoms in total. The predicted octanol–water partition coefficient (Wildman–Crippen LogP) is -0.869. The second kappa shape index (κ2) is 5.67. The molecule has 1 aliphatic heterocycles. The number of carbonyl (C=O) groups excluding carboxylic acids is 1. The van der Waals surface area contributed by atoms with Gasteiger partial charge in [-0.25, -0.2) is 8.42 Å². The summed E-state index contributed by atoms with van der Waals surface area (Å²) < 4.78 is 21.7. The smallest absolute Gasteiger partial charge is 0.228 e. The Morgan fingerprint density at radius 1 is 1.47 bits per heavy atom. The normalized spacial score (nSPS) is 16.4. The largest absolute Gasteiger partial charge is 0.344 e. The van der Waals surface area contributed by atoms with Crippen LogP contribution in [0.1, 0.15) is 0 Å². The second-order valence-electron chi connectivity index (χ2n) is 3.74. The maximum atomic E-state index is 11.5. The Bertz CT molecular complexity index is 314. The van der Waals surface area contributed by atoms with Crippen LogP contribution in [0.15, 0.2) is 0 Å². The van der Waals surface area contributed by atoms with Crippen molar-refractivity contribution in [1.29, 1.82) is 0 Å². The molecule has 1 saturated heterocycles. The van der Waals surface area contributed by atoms with Gasteiger partial charge in [0.25, 0.3) is 0 Å². The third-order valence-electron chi connectivity index (χ3n) is 2.30. The monoisotopic (exact) mass is 256 g/mol. The summed E-state index contributed by atoms with van der Waals surface area (Å²) in [5.74, 6) is 0.113. The van der Waals surface area contributed by atoms with Gasteiger partial charge in [-0.2, -0.15) is 0 Å². The lowest BCUT2D eigenvalue weighted by Gasteiger charge is -2.30. The Balaban J connectivity index is 0.00000196. The van der Waals surface area contributed by atoms with Gasteiger partial charge in [-0.3, -0.25) is 4.79 Å². The standard InChI is InChI=1S/C8H16N2O3S.ClH/c1-10(3-4-14(2,12)13)8(11)7-5-9-6-7;/h7,9H,3-6H2,1-2H3;1H. The Morgan fingerprint density at radius 3 is 2.33 bits per heavy atom. The number of carbonyl (C=O) groups is 1. The average molecular weight is 257 g/mol. The minimum Gasteiger partial charge on any atom is -0.344 e. The van der Waals surface area contributed by atoms with Gasteiger partial charge in [-0.1, -0.05) is 0 Å². The zero-order valence-corrected chi connectivity index (χ0v) is 10.5. The molecule has 7 heteroatoms. The Labute approximate surface area is 96.5 Å². The van der Waals surface area contributed by atoms with E-state index in [0.717, 1.165) is 0 Å². The molecule has 1 fully saturated rings. The molecule has 1 heterocycles. The summed E-state index contributed by atoms with van der Waals surface area (Å²) in [6, 6.07) is 0. The van der Waals surface area contributed by atoms with Crippen LogP contribution in [-0.4, -0.2) is 57.9 Å². The maximum Gasteiger partial charge on any atom is 0.228 e. The summed E-state index contributed by atoms with van der Waals surface area (Å²) in [5.41, 5.74) is 0. The number of nitrogens with one attached hydrogen (secondary N) is 1. The predicted molar refractivity (Wildman–Crippen MR) is 61.0 cm³/mol. The van der Waals surface area contributed by atoms with E-state index in [1.165, 1.54) is 11.2 Å². The lowest BCUT2D eigenvalue weighted by Crippen LogP contribution is -2.51. The summed E-state index contributed by atoms with van der Waals surface area (Å²) >= 11 is 0. The van der Waals surface area contributed by atoms with E-state index >= 15 is 0 Å². The molecular formula is C8H17ClN2O3S. The molecule has 0 aromatic carbocycles. The molecule has 0 saturated carbocycles. The van der Waals surface area contributed by atoms with Gasteiger partial charge in [0.1, 0.15) is 9.84 Å². The van der Waals surface area contributed by atoms with Gasteiger partial charge in [0.05, 0.1) is 11.7 Å². The van der Waals surface area contributed by atoms with Gasteiger partial charge < -0.3 is 10.2 Å². The topological polar surface area (TPSA) is 66.5 Å². The van der Waals surface area contributed by atoms with E-state index in [2.05, 4.69) is 5.32 Å². The Hall–Kier alpha value is -0.330. The molecule has 0 aromatic heterocycles. The van der Waals surface area contributed by atoms with E-state index in [4.69, 9.17) is 0 Å². The van der Waals surface area contributed by atoms with Gasteiger partial charge in [-0.05, 0) is 0 Å². The van der Waals surface area contributed by atoms with E-state index in [-0.39, 0.29) is 36.5 Å². The lowest BCUT2D eigenvalue weighted by molar-refractivity contribution is -0.135. The van der Waals surface area contributed by atoms with Crippen molar-refractivity contribution in [3.8, 4) is 0 Å². The van der Waals surface area contributed by atoms with Crippen LogP contribution in [0.5, 0.6) is 0 Å². The van der Waals surface area contributed by atoms with Crippen molar-refractivity contribution < 1.29 is 13.2 Å². The number of hydrogen-bond donors (Lipinski definition) is 1. The van der Waals surface area contributed by atoms with Crippen molar-refractivity contribution >= 4 is 28.2 Å². The summed E-state index contributed by atoms with van der Waals surface area (Å²) in [6.07, 6.45) is 1.18. The quantitative estimate of drug-likeness (QED) is 0.710. The summed E-state index contributed by atoms with van der Waals surface area (Å²) in [4.78, 5) is 13.0. The number of rotatable bonds is 4. The van der Waals surface area contributed by atoms with Crippen LogP contribution in [0.2, 0.25) is 0 Å². The fourth-order valence-corrected chi connectivity index (χ4v) is 1.79. The molecule has 0 aliphatic carbocycles. The van der Waals surface area contributed by atoms with Gasteiger partial charge in [0.2, 0.25) is 5.91 Å². The number of sulfone groups is 1. The average Bonchev–Trinajstić information content (AvgIpc) is 1.95. The summed E-state index contributed by atoms with van der Waals surface area (Å²) in [6.45, 7) is 1.71. The third-order valence-corrected chi connectivity index (χ3v) is 3.23. The highest BCUT2D eigenvalue weighted by Gasteiger charge is 2.27. The van der Waals surface area contributed by atoms with Crippen LogP contribution in [-0.2, 0) is 14.6 Å². The first-order valence-corrected chi connectivity index (χ1v) is 6.59. The first-order chi connectivity index (χ1) is 6.40. The first-order valence-electron chi connectivity index (χ1n) is 4.53. The fourth-order valence-electron chi connectivity index (χ4n) is 1.19. The van der Waals surface area contributed by atoms with Crippen LogP contribution in [0.3, 0.4) is 0 Å². The Morgan fingerprint density at radius 2 is 2.00 bits per heavy atom. The highest BCUT2D eigenvalue weighted by molar-refractivity contribution is 7.90. The minimum atomic E-state index is -2.98. The van der Waals surface area contributed by atoms with Crippen LogP contribution >= 0.6 is 12.4 Å². The molecular weight excluding hydrogens is 240 g/mol. The number of amides is 1.